The summed E-state index contributed by atoms with van der Waals surface area (Å²) < 4.78 is 29.1. The van der Waals surface area contributed by atoms with Crippen molar-refractivity contribution in [3.63, 3.8) is 0 Å². The van der Waals surface area contributed by atoms with Crippen LogP contribution in [0, 0.1) is 13.8 Å². The van der Waals surface area contributed by atoms with Crippen molar-refractivity contribution in [2.75, 3.05) is 20.1 Å². The molecule has 7 heteroatoms. The zero-order valence-electron chi connectivity index (χ0n) is 12.7. The quantitative estimate of drug-likeness (QED) is 0.877. The van der Waals surface area contributed by atoms with Crippen molar-refractivity contribution >= 4 is 10.0 Å². The van der Waals surface area contributed by atoms with Crippen LogP contribution in [-0.2, 0) is 16.6 Å². The summed E-state index contributed by atoms with van der Waals surface area (Å²) in [5, 5.41) is 7.43. The molecule has 114 valence electrons. The van der Waals surface area contributed by atoms with Gasteiger partial charge in [-0.1, -0.05) is 0 Å². The molecule has 1 unspecified atom stereocenters. The van der Waals surface area contributed by atoms with Crippen LogP contribution in [0.2, 0.25) is 0 Å². The molecular weight excluding hydrogens is 276 g/mol. The zero-order valence-corrected chi connectivity index (χ0v) is 13.5. The second kappa shape index (κ2) is 5.83. The summed E-state index contributed by atoms with van der Waals surface area (Å²) in [5.74, 6) is 0. The van der Waals surface area contributed by atoms with Gasteiger partial charge >= 0.3 is 0 Å². The third kappa shape index (κ3) is 2.62. The highest BCUT2D eigenvalue weighted by Gasteiger charge is 2.36. The molecule has 1 N–H and O–H groups in total. The molecule has 1 aromatic rings. The van der Waals surface area contributed by atoms with Crippen LogP contribution in [0.1, 0.15) is 31.2 Å². The summed E-state index contributed by atoms with van der Waals surface area (Å²) >= 11 is 0. The first-order valence-electron chi connectivity index (χ1n) is 7.10. The number of hydrogen-bond donors (Lipinski definition) is 1. The van der Waals surface area contributed by atoms with Crippen LogP contribution < -0.4 is 5.32 Å². The molecule has 2 rings (SSSR count). The van der Waals surface area contributed by atoms with E-state index in [1.54, 1.807) is 15.9 Å². The van der Waals surface area contributed by atoms with Crippen molar-refractivity contribution in [3.8, 4) is 0 Å². The van der Waals surface area contributed by atoms with Gasteiger partial charge in [0.25, 0.3) is 0 Å². The first-order valence-corrected chi connectivity index (χ1v) is 8.54. The van der Waals surface area contributed by atoms with Gasteiger partial charge in [-0.2, -0.15) is 9.40 Å². The fraction of sp³-hybridized carbons (Fsp3) is 0.769. The van der Waals surface area contributed by atoms with Gasteiger partial charge in [0.05, 0.1) is 17.9 Å². The zero-order chi connectivity index (χ0) is 14.9. The number of nitrogens with zero attached hydrogens (tertiary/aromatic N) is 3. The van der Waals surface area contributed by atoms with Crippen LogP contribution in [0.15, 0.2) is 4.90 Å². The molecular formula is C13H24N4O2S. The lowest BCUT2D eigenvalue weighted by Gasteiger charge is -2.21. The van der Waals surface area contributed by atoms with Gasteiger partial charge in [-0.05, 0) is 40.7 Å². The Hall–Kier alpha value is -0.920. The van der Waals surface area contributed by atoms with Crippen molar-refractivity contribution in [1.82, 2.24) is 19.4 Å². The minimum Gasteiger partial charge on any atom is -0.318 e. The SMILES string of the molecule is CNCCn1nc(C)c(S(=O)(=O)N2CCCC2C)c1C. The number of aromatic nitrogens is 2. The maximum atomic E-state index is 12.8. The average molecular weight is 300 g/mol. The molecule has 0 radical (unpaired) electrons. The Morgan fingerprint density at radius 3 is 2.65 bits per heavy atom. The predicted octanol–water partition coefficient (Wildman–Crippen LogP) is 0.892. The summed E-state index contributed by atoms with van der Waals surface area (Å²) in [4.78, 5) is 0.391. The Morgan fingerprint density at radius 1 is 1.40 bits per heavy atom. The molecule has 1 saturated heterocycles. The van der Waals surface area contributed by atoms with Crippen LogP contribution in [0.4, 0.5) is 0 Å². The van der Waals surface area contributed by atoms with Gasteiger partial charge in [-0.25, -0.2) is 8.42 Å². The van der Waals surface area contributed by atoms with Crippen molar-refractivity contribution in [2.24, 2.45) is 0 Å². The number of likely N-dealkylation sites (N-methyl/N-ethyl adjacent to an activating group) is 1. The predicted molar refractivity (Wildman–Crippen MR) is 78.2 cm³/mol. The summed E-state index contributed by atoms with van der Waals surface area (Å²) in [5.41, 5.74) is 1.33. The van der Waals surface area contributed by atoms with Crippen LogP contribution in [0.5, 0.6) is 0 Å². The molecule has 2 heterocycles. The largest absolute Gasteiger partial charge is 0.318 e. The topological polar surface area (TPSA) is 67.2 Å². The van der Waals surface area contributed by atoms with Crippen molar-refractivity contribution in [2.45, 2.75) is 51.1 Å². The molecule has 1 fully saturated rings. The third-order valence-corrected chi connectivity index (χ3v) is 6.21. The molecule has 1 aliphatic heterocycles. The normalized spacial score (nSPS) is 20.7. The van der Waals surface area contributed by atoms with Crippen LogP contribution in [0.25, 0.3) is 0 Å². The molecule has 20 heavy (non-hydrogen) atoms. The third-order valence-electron chi connectivity index (χ3n) is 3.95. The minimum absolute atomic E-state index is 0.0828. The second-order valence-electron chi connectivity index (χ2n) is 5.43. The molecule has 1 aromatic heterocycles. The lowest BCUT2D eigenvalue weighted by molar-refractivity contribution is 0.407. The molecule has 0 aromatic carbocycles. The molecule has 1 aliphatic rings. The van der Waals surface area contributed by atoms with E-state index in [2.05, 4.69) is 10.4 Å². The van der Waals surface area contributed by atoms with Crippen molar-refractivity contribution in [3.05, 3.63) is 11.4 Å². The minimum atomic E-state index is -3.42. The maximum absolute atomic E-state index is 12.8. The summed E-state index contributed by atoms with van der Waals surface area (Å²) in [6.07, 6.45) is 1.87. The number of rotatable bonds is 5. The van der Waals surface area contributed by atoms with Crippen LogP contribution in [0.3, 0.4) is 0 Å². The highest BCUT2D eigenvalue weighted by molar-refractivity contribution is 7.89. The van der Waals surface area contributed by atoms with Gasteiger partial charge in [0, 0.05) is 19.1 Å². The van der Waals surface area contributed by atoms with Gasteiger partial charge in [0.1, 0.15) is 4.90 Å². The lowest BCUT2D eigenvalue weighted by atomic mass is 10.3. The molecule has 1 atom stereocenters. The van der Waals surface area contributed by atoms with Gasteiger partial charge < -0.3 is 5.32 Å². The van der Waals surface area contributed by atoms with Gasteiger partial charge in [0.15, 0.2) is 0 Å². The monoisotopic (exact) mass is 300 g/mol. The van der Waals surface area contributed by atoms with E-state index in [-0.39, 0.29) is 6.04 Å². The highest BCUT2D eigenvalue weighted by Crippen LogP contribution is 2.29. The van der Waals surface area contributed by atoms with Gasteiger partial charge in [-0.3, -0.25) is 4.68 Å². The van der Waals surface area contributed by atoms with E-state index in [1.165, 1.54) is 0 Å². The van der Waals surface area contributed by atoms with E-state index >= 15 is 0 Å². The summed E-state index contributed by atoms with van der Waals surface area (Å²) in [6.45, 7) is 7.64. The van der Waals surface area contributed by atoms with E-state index in [0.29, 0.717) is 23.7 Å². The Labute approximate surface area is 121 Å². The van der Waals surface area contributed by atoms with Gasteiger partial charge in [-0.15, -0.1) is 0 Å². The Bertz CT molecular complexity index is 579. The fourth-order valence-corrected chi connectivity index (χ4v) is 4.95. The van der Waals surface area contributed by atoms with Crippen LogP contribution >= 0.6 is 0 Å². The number of nitrogens with one attached hydrogen (secondary N) is 1. The second-order valence-corrected chi connectivity index (χ2v) is 7.26. The van der Waals surface area contributed by atoms with Crippen molar-refractivity contribution < 1.29 is 8.42 Å². The first-order chi connectivity index (χ1) is 9.39. The Balaban J connectivity index is 2.39. The highest BCUT2D eigenvalue weighted by atomic mass is 32.2. The van der Waals surface area contributed by atoms with E-state index in [1.807, 2.05) is 20.9 Å². The smallest absolute Gasteiger partial charge is 0.246 e. The van der Waals surface area contributed by atoms with Crippen LogP contribution in [-0.4, -0.2) is 48.7 Å². The van der Waals surface area contributed by atoms with E-state index in [4.69, 9.17) is 0 Å². The van der Waals surface area contributed by atoms with Gasteiger partial charge in [0.2, 0.25) is 10.0 Å². The van der Waals surface area contributed by atoms with E-state index in [0.717, 1.165) is 25.1 Å². The molecule has 0 amide bonds. The number of aryl methyl sites for hydroxylation is 1. The molecule has 6 nitrogen and oxygen atoms in total. The van der Waals surface area contributed by atoms with E-state index < -0.39 is 10.0 Å². The van der Waals surface area contributed by atoms with Crippen molar-refractivity contribution in [1.29, 1.82) is 0 Å². The first kappa shape index (κ1) is 15.5. The Kier molecular flexibility index (Phi) is 4.51. The lowest BCUT2D eigenvalue weighted by Crippen LogP contribution is -2.34. The molecule has 0 saturated carbocycles. The summed E-state index contributed by atoms with van der Waals surface area (Å²) in [6, 6.07) is 0.0828. The average Bonchev–Trinajstić information content (AvgIpc) is 2.91. The maximum Gasteiger partial charge on any atom is 0.246 e. The molecule has 0 bridgehead atoms. The Morgan fingerprint density at radius 2 is 2.10 bits per heavy atom. The fourth-order valence-electron chi connectivity index (χ4n) is 2.87. The molecule has 0 spiro atoms. The molecule has 0 aliphatic carbocycles. The summed E-state index contributed by atoms with van der Waals surface area (Å²) in [7, 11) is -1.55. The van der Waals surface area contributed by atoms with E-state index in [9.17, 15) is 8.42 Å². The number of sulfonamides is 1. The number of hydrogen-bond acceptors (Lipinski definition) is 4. The standard InChI is InChI=1S/C13H24N4O2S/c1-10-6-5-8-17(10)20(18,19)13-11(2)15-16(12(13)3)9-7-14-4/h10,14H,5-9H2,1-4H3.